The molecule has 1 aromatic carbocycles. The number of aliphatic imine (C=N–C) groups is 1. The second-order valence-corrected chi connectivity index (χ2v) is 8.05. The van der Waals surface area contributed by atoms with Gasteiger partial charge < -0.3 is 19.8 Å². The maximum absolute atomic E-state index is 5.80. The SMILES string of the molecule is CCNC(=NCc1ncc(C(C)(C)C)o1)NCCCCOCCc1ccccc1.I. The highest BCUT2D eigenvalue weighted by molar-refractivity contribution is 14.0. The smallest absolute Gasteiger partial charge is 0.216 e. The van der Waals surface area contributed by atoms with Gasteiger partial charge in [-0.1, -0.05) is 51.1 Å². The Morgan fingerprint density at radius 2 is 1.87 bits per heavy atom. The first-order valence-electron chi connectivity index (χ1n) is 10.6. The van der Waals surface area contributed by atoms with Gasteiger partial charge in [-0.3, -0.25) is 0 Å². The van der Waals surface area contributed by atoms with Gasteiger partial charge in [-0.2, -0.15) is 0 Å². The molecule has 1 heterocycles. The van der Waals surface area contributed by atoms with E-state index < -0.39 is 0 Å². The minimum absolute atomic E-state index is 0. The lowest BCUT2D eigenvalue weighted by Crippen LogP contribution is -2.37. The van der Waals surface area contributed by atoms with Crippen molar-refractivity contribution < 1.29 is 9.15 Å². The van der Waals surface area contributed by atoms with Gasteiger partial charge in [0.25, 0.3) is 0 Å². The van der Waals surface area contributed by atoms with E-state index in [0.717, 1.165) is 57.3 Å². The molecule has 0 radical (unpaired) electrons. The summed E-state index contributed by atoms with van der Waals surface area (Å²) in [5, 5.41) is 6.62. The van der Waals surface area contributed by atoms with Gasteiger partial charge in [0.05, 0.1) is 12.8 Å². The molecule has 0 unspecified atom stereocenters. The number of guanidine groups is 1. The van der Waals surface area contributed by atoms with Crippen molar-refractivity contribution in [2.45, 2.75) is 58.9 Å². The van der Waals surface area contributed by atoms with E-state index in [4.69, 9.17) is 9.15 Å². The molecule has 0 saturated carbocycles. The Bertz CT molecular complexity index is 726. The normalized spacial score (nSPS) is 11.8. The van der Waals surface area contributed by atoms with Gasteiger partial charge in [-0.25, -0.2) is 9.98 Å². The number of hydrogen-bond acceptors (Lipinski definition) is 4. The summed E-state index contributed by atoms with van der Waals surface area (Å²) in [6, 6.07) is 10.4. The second kappa shape index (κ2) is 14.4. The molecular formula is C23H37IN4O2. The third-order valence-electron chi connectivity index (χ3n) is 4.40. The molecule has 0 bridgehead atoms. The molecule has 7 heteroatoms. The van der Waals surface area contributed by atoms with Crippen molar-refractivity contribution in [3.05, 3.63) is 53.7 Å². The highest BCUT2D eigenvalue weighted by Gasteiger charge is 2.18. The molecule has 0 aliphatic heterocycles. The van der Waals surface area contributed by atoms with Crippen molar-refractivity contribution in [1.82, 2.24) is 15.6 Å². The number of ether oxygens (including phenoxy) is 1. The Morgan fingerprint density at radius 1 is 1.10 bits per heavy atom. The quantitative estimate of drug-likeness (QED) is 0.192. The predicted octanol–water partition coefficient (Wildman–Crippen LogP) is 4.68. The van der Waals surface area contributed by atoms with E-state index in [1.165, 1.54) is 5.56 Å². The van der Waals surface area contributed by atoms with Gasteiger partial charge in [-0.05, 0) is 31.7 Å². The molecule has 0 fully saturated rings. The summed E-state index contributed by atoms with van der Waals surface area (Å²) >= 11 is 0. The number of hydrogen-bond donors (Lipinski definition) is 2. The van der Waals surface area contributed by atoms with Crippen LogP contribution in [0.5, 0.6) is 0 Å². The van der Waals surface area contributed by atoms with Crippen LogP contribution < -0.4 is 10.6 Å². The summed E-state index contributed by atoms with van der Waals surface area (Å²) in [7, 11) is 0. The Labute approximate surface area is 198 Å². The summed E-state index contributed by atoms with van der Waals surface area (Å²) in [5.41, 5.74) is 1.28. The van der Waals surface area contributed by atoms with E-state index >= 15 is 0 Å². The lowest BCUT2D eigenvalue weighted by molar-refractivity contribution is 0.133. The first kappa shape index (κ1) is 26.4. The van der Waals surface area contributed by atoms with Gasteiger partial charge in [0.1, 0.15) is 12.3 Å². The average molecular weight is 528 g/mol. The Balaban J connectivity index is 0.00000450. The van der Waals surface area contributed by atoms with Gasteiger partial charge in [0, 0.05) is 25.1 Å². The summed E-state index contributed by atoms with van der Waals surface area (Å²) in [4.78, 5) is 8.90. The van der Waals surface area contributed by atoms with Crippen molar-refractivity contribution in [1.29, 1.82) is 0 Å². The van der Waals surface area contributed by atoms with Gasteiger partial charge in [0.2, 0.25) is 5.89 Å². The highest BCUT2D eigenvalue weighted by atomic mass is 127. The summed E-state index contributed by atoms with van der Waals surface area (Å²) in [5.74, 6) is 2.31. The van der Waals surface area contributed by atoms with Crippen LogP contribution in [-0.4, -0.2) is 37.2 Å². The number of aromatic nitrogens is 1. The zero-order valence-electron chi connectivity index (χ0n) is 18.7. The fourth-order valence-corrected chi connectivity index (χ4v) is 2.69. The fourth-order valence-electron chi connectivity index (χ4n) is 2.69. The van der Waals surface area contributed by atoms with Crippen LogP contribution in [0.2, 0.25) is 0 Å². The maximum Gasteiger partial charge on any atom is 0.216 e. The maximum atomic E-state index is 5.80. The molecule has 0 saturated heterocycles. The van der Waals surface area contributed by atoms with Crippen molar-refractivity contribution >= 4 is 29.9 Å². The van der Waals surface area contributed by atoms with Gasteiger partial charge in [-0.15, -0.1) is 24.0 Å². The Kier molecular flexibility index (Phi) is 12.7. The van der Waals surface area contributed by atoms with E-state index in [9.17, 15) is 0 Å². The zero-order chi connectivity index (χ0) is 21.0. The lowest BCUT2D eigenvalue weighted by Gasteiger charge is -2.13. The molecular weight excluding hydrogens is 491 g/mol. The van der Waals surface area contributed by atoms with Crippen LogP contribution in [0.1, 0.15) is 57.8 Å². The minimum atomic E-state index is -0.0408. The minimum Gasteiger partial charge on any atom is -0.443 e. The van der Waals surface area contributed by atoms with Crippen molar-refractivity contribution in [3.8, 4) is 0 Å². The largest absolute Gasteiger partial charge is 0.443 e. The molecule has 0 aliphatic carbocycles. The zero-order valence-corrected chi connectivity index (χ0v) is 21.1. The van der Waals surface area contributed by atoms with E-state index in [-0.39, 0.29) is 29.4 Å². The second-order valence-electron chi connectivity index (χ2n) is 8.05. The van der Waals surface area contributed by atoms with Crippen LogP contribution in [0.25, 0.3) is 0 Å². The third-order valence-corrected chi connectivity index (χ3v) is 4.40. The third kappa shape index (κ3) is 10.4. The average Bonchev–Trinajstić information content (AvgIpc) is 3.18. The van der Waals surface area contributed by atoms with Crippen LogP contribution >= 0.6 is 24.0 Å². The molecule has 6 nitrogen and oxygen atoms in total. The molecule has 168 valence electrons. The summed E-state index contributed by atoms with van der Waals surface area (Å²) < 4.78 is 11.5. The topological polar surface area (TPSA) is 71.7 Å². The van der Waals surface area contributed by atoms with Crippen LogP contribution in [-0.2, 0) is 23.1 Å². The van der Waals surface area contributed by atoms with Gasteiger partial charge in [0.15, 0.2) is 5.96 Å². The Morgan fingerprint density at radius 3 is 2.53 bits per heavy atom. The number of nitrogens with one attached hydrogen (secondary N) is 2. The Hall–Kier alpha value is -1.61. The lowest BCUT2D eigenvalue weighted by atomic mass is 9.94. The van der Waals surface area contributed by atoms with Crippen LogP contribution in [0.3, 0.4) is 0 Å². The molecule has 2 aromatic rings. The van der Waals surface area contributed by atoms with E-state index in [2.05, 4.69) is 72.6 Å². The first-order chi connectivity index (χ1) is 14.0. The van der Waals surface area contributed by atoms with Crippen molar-refractivity contribution in [2.24, 2.45) is 4.99 Å². The van der Waals surface area contributed by atoms with Gasteiger partial charge >= 0.3 is 0 Å². The van der Waals surface area contributed by atoms with Crippen LogP contribution in [0, 0.1) is 0 Å². The van der Waals surface area contributed by atoms with E-state index in [1.807, 2.05) is 6.07 Å². The van der Waals surface area contributed by atoms with Crippen LogP contribution in [0.15, 0.2) is 45.9 Å². The molecule has 1 aromatic heterocycles. The van der Waals surface area contributed by atoms with Crippen molar-refractivity contribution in [2.75, 3.05) is 26.3 Å². The fraction of sp³-hybridized carbons (Fsp3) is 0.565. The molecule has 0 atom stereocenters. The summed E-state index contributed by atoms with van der Waals surface area (Å²) in [6.45, 7) is 12.0. The molecule has 0 spiro atoms. The van der Waals surface area contributed by atoms with E-state index in [0.29, 0.717) is 12.4 Å². The molecule has 30 heavy (non-hydrogen) atoms. The monoisotopic (exact) mass is 528 g/mol. The number of halogens is 1. The molecule has 0 amide bonds. The van der Waals surface area contributed by atoms with Crippen LogP contribution in [0.4, 0.5) is 0 Å². The van der Waals surface area contributed by atoms with Crippen molar-refractivity contribution in [3.63, 3.8) is 0 Å². The number of nitrogens with zero attached hydrogens (tertiary/aromatic N) is 2. The molecule has 2 N–H and O–H groups in total. The number of benzene rings is 1. The highest BCUT2D eigenvalue weighted by Crippen LogP contribution is 2.22. The predicted molar refractivity (Wildman–Crippen MR) is 134 cm³/mol. The molecule has 0 aliphatic rings. The van der Waals surface area contributed by atoms with E-state index in [1.54, 1.807) is 6.20 Å². The molecule has 2 rings (SSSR count). The first-order valence-corrected chi connectivity index (χ1v) is 10.6. The summed E-state index contributed by atoms with van der Waals surface area (Å²) in [6.07, 6.45) is 4.82. The number of unbranched alkanes of at least 4 members (excludes halogenated alkanes) is 1. The number of oxazole rings is 1. The standard InChI is InChI=1S/C23H36N4O2.HI/c1-5-24-22(27-18-21-26-17-20(29-21)23(2,3)4)25-14-9-10-15-28-16-13-19-11-7-6-8-12-19;/h6-8,11-12,17H,5,9-10,13-16,18H2,1-4H3,(H2,24,25,27);1H. The number of rotatable bonds is 11.